The molecule has 0 aliphatic carbocycles. The smallest absolute Gasteiger partial charge is 0.229 e. The van der Waals surface area contributed by atoms with Gasteiger partial charge in [0.05, 0.1) is 21.3 Å². The Hall–Kier alpha value is -1.43. The molecule has 0 amide bonds. The number of nitrogens with one attached hydrogen (secondary N) is 1. The van der Waals surface area contributed by atoms with Crippen molar-refractivity contribution in [3.8, 4) is 6.07 Å². The van der Waals surface area contributed by atoms with Gasteiger partial charge in [0.2, 0.25) is 10.0 Å². The van der Waals surface area contributed by atoms with Crippen molar-refractivity contribution in [3.05, 3.63) is 29.8 Å². The molecule has 8 heteroatoms. The average molecular weight is 316 g/mol. The van der Waals surface area contributed by atoms with Crippen LogP contribution in [0, 0.1) is 11.3 Å². The van der Waals surface area contributed by atoms with Gasteiger partial charge in [-0.1, -0.05) is 6.07 Å². The fourth-order valence-corrected chi connectivity index (χ4v) is 2.90. The highest BCUT2D eigenvalue weighted by Gasteiger charge is 2.31. The van der Waals surface area contributed by atoms with Crippen molar-refractivity contribution in [3.63, 3.8) is 0 Å². The topological polar surface area (TPSA) is 104 Å². The van der Waals surface area contributed by atoms with Crippen molar-refractivity contribution in [2.24, 2.45) is 0 Å². The van der Waals surface area contributed by atoms with E-state index in [2.05, 4.69) is 4.72 Å². The first-order valence-corrected chi connectivity index (χ1v) is 9.06. The fourth-order valence-electron chi connectivity index (χ4n) is 1.22. The molecule has 0 atom stereocenters. The minimum atomic E-state index is -3.85. The van der Waals surface area contributed by atoms with E-state index in [4.69, 9.17) is 5.26 Å². The largest absolute Gasteiger partial charge is 0.240 e. The highest BCUT2D eigenvalue weighted by molar-refractivity contribution is 7.92. The van der Waals surface area contributed by atoms with E-state index in [9.17, 15) is 16.8 Å². The van der Waals surface area contributed by atoms with Gasteiger partial charge in [0.15, 0.2) is 9.84 Å². The molecule has 110 valence electrons. The molecule has 0 bridgehead atoms. The fraction of sp³-hybridized carbons (Fsp3) is 0.417. The van der Waals surface area contributed by atoms with E-state index in [0.717, 1.165) is 6.26 Å². The first-order valence-electron chi connectivity index (χ1n) is 5.69. The summed E-state index contributed by atoms with van der Waals surface area (Å²) in [7, 11) is -7.25. The molecular weight excluding hydrogens is 300 g/mol. The van der Waals surface area contributed by atoms with Gasteiger partial charge in [0, 0.05) is 12.8 Å². The molecule has 0 aliphatic heterocycles. The zero-order valence-electron chi connectivity index (χ0n) is 11.4. The molecule has 20 heavy (non-hydrogen) atoms. The Balaban J connectivity index is 3.00. The van der Waals surface area contributed by atoms with Gasteiger partial charge in [-0.3, -0.25) is 0 Å². The minimum Gasteiger partial charge on any atom is -0.229 e. The Morgan fingerprint density at radius 2 is 1.85 bits per heavy atom. The molecule has 0 aromatic heterocycles. The molecular formula is C12H16N2O4S2. The lowest BCUT2D eigenvalue weighted by atomic mass is 10.2. The molecule has 1 rings (SSSR count). The molecule has 0 fully saturated rings. The van der Waals surface area contributed by atoms with Crippen molar-refractivity contribution in [2.75, 3.05) is 12.8 Å². The molecule has 1 aromatic carbocycles. The molecule has 1 N–H and O–H groups in total. The quantitative estimate of drug-likeness (QED) is 0.859. The van der Waals surface area contributed by atoms with Crippen LogP contribution in [0.4, 0.5) is 0 Å². The molecule has 0 saturated carbocycles. The van der Waals surface area contributed by atoms with Crippen LogP contribution in [0.1, 0.15) is 19.4 Å². The van der Waals surface area contributed by atoms with Crippen LogP contribution < -0.4 is 4.72 Å². The molecule has 0 spiro atoms. The van der Waals surface area contributed by atoms with E-state index in [-0.39, 0.29) is 17.0 Å². The first kappa shape index (κ1) is 16.6. The number of rotatable bonds is 5. The van der Waals surface area contributed by atoms with Crippen molar-refractivity contribution >= 4 is 19.9 Å². The number of hydrogen-bond acceptors (Lipinski definition) is 5. The highest BCUT2D eigenvalue weighted by Crippen LogP contribution is 2.16. The van der Waals surface area contributed by atoms with Crippen molar-refractivity contribution in [1.82, 2.24) is 4.72 Å². The molecule has 1 aromatic rings. The van der Waals surface area contributed by atoms with E-state index >= 15 is 0 Å². The maximum absolute atomic E-state index is 12.1. The summed E-state index contributed by atoms with van der Waals surface area (Å²) >= 11 is 0. The summed E-state index contributed by atoms with van der Waals surface area (Å²) in [6.07, 6.45) is 1.05. The predicted octanol–water partition coefficient (Wildman–Crippen LogP) is 0.660. The second-order valence-corrected chi connectivity index (χ2v) is 9.41. The Morgan fingerprint density at radius 3 is 2.35 bits per heavy atom. The van der Waals surface area contributed by atoms with Crippen LogP contribution in [0.25, 0.3) is 0 Å². The third kappa shape index (κ3) is 3.79. The molecule has 0 unspecified atom stereocenters. The Kier molecular flexibility index (Phi) is 4.59. The second kappa shape index (κ2) is 5.52. The van der Waals surface area contributed by atoms with Crippen LogP contribution in [0.5, 0.6) is 0 Å². The van der Waals surface area contributed by atoms with Crippen LogP contribution in [-0.2, 0) is 19.9 Å². The maximum atomic E-state index is 12.1. The van der Waals surface area contributed by atoms with Gasteiger partial charge >= 0.3 is 0 Å². The van der Waals surface area contributed by atoms with Gasteiger partial charge in [-0.15, -0.1) is 0 Å². The zero-order chi connectivity index (χ0) is 15.6. The zero-order valence-corrected chi connectivity index (χ0v) is 13.0. The predicted molar refractivity (Wildman–Crippen MR) is 75.3 cm³/mol. The number of benzene rings is 1. The van der Waals surface area contributed by atoms with Gasteiger partial charge in [0.1, 0.15) is 0 Å². The van der Waals surface area contributed by atoms with E-state index in [1.165, 1.54) is 38.1 Å². The summed E-state index contributed by atoms with van der Waals surface area (Å²) in [4.78, 5) is -0.0687. The van der Waals surface area contributed by atoms with Crippen LogP contribution in [0.2, 0.25) is 0 Å². The van der Waals surface area contributed by atoms with Crippen molar-refractivity contribution < 1.29 is 16.8 Å². The SMILES string of the molecule is CC(C)(CNS(=O)(=O)c1cccc(C#N)c1)S(C)(=O)=O. The third-order valence-corrected chi connectivity index (χ3v) is 6.52. The summed E-state index contributed by atoms with van der Waals surface area (Å²) in [6, 6.07) is 7.36. The summed E-state index contributed by atoms with van der Waals surface area (Å²) in [5.41, 5.74) is 0.218. The van der Waals surface area contributed by atoms with Crippen LogP contribution in [-0.4, -0.2) is 34.4 Å². The van der Waals surface area contributed by atoms with E-state index in [0.29, 0.717) is 0 Å². The van der Waals surface area contributed by atoms with Gasteiger partial charge < -0.3 is 0 Å². The Morgan fingerprint density at radius 1 is 1.25 bits per heavy atom. The lowest BCUT2D eigenvalue weighted by Gasteiger charge is -2.22. The standard InChI is InChI=1S/C12H16N2O4S2/c1-12(2,19(3,15)16)9-14-20(17,18)11-6-4-5-10(7-11)8-13/h4-7,14H,9H2,1-3H3. The lowest BCUT2D eigenvalue weighted by molar-refractivity contribution is 0.537. The third-order valence-electron chi connectivity index (χ3n) is 2.97. The average Bonchev–Trinajstić information content (AvgIpc) is 2.35. The van der Waals surface area contributed by atoms with E-state index < -0.39 is 24.6 Å². The highest BCUT2D eigenvalue weighted by atomic mass is 32.2. The van der Waals surface area contributed by atoms with Gasteiger partial charge in [-0.05, 0) is 32.0 Å². The molecule has 0 radical (unpaired) electrons. The Labute approximate surface area is 119 Å². The first-order chi connectivity index (χ1) is 8.99. The minimum absolute atomic E-state index is 0.0687. The summed E-state index contributed by atoms with van der Waals surface area (Å²) < 4.78 is 48.2. The summed E-state index contributed by atoms with van der Waals surface area (Å²) in [5, 5.41) is 8.75. The number of sulfone groups is 1. The second-order valence-electron chi connectivity index (χ2n) is 5.00. The monoisotopic (exact) mass is 316 g/mol. The van der Waals surface area contributed by atoms with Crippen molar-refractivity contribution in [1.29, 1.82) is 5.26 Å². The van der Waals surface area contributed by atoms with Crippen LogP contribution in [0.3, 0.4) is 0 Å². The number of nitrogens with zero attached hydrogens (tertiary/aromatic N) is 1. The summed E-state index contributed by atoms with van der Waals surface area (Å²) in [6.45, 7) is 2.64. The molecule has 0 aliphatic rings. The van der Waals surface area contributed by atoms with Gasteiger partial charge in [-0.2, -0.15) is 5.26 Å². The number of hydrogen-bond donors (Lipinski definition) is 1. The van der Waals surface area contributed by atoms with Crippen LogP contribution >= 0.6 is 0 Å². The molecule has 6 nitrogen and oxygen atoms in total. The lowest BCUT2D eigenvalue weighted by Crippen LogP contribution is -2.43. The number of sulfonamides is 1. The van der Waals surface area contributed by atoms with Crippen LogP contribution in [0.15, 0.2) is 29.2 Å². The van der Waals surface area contributed by atoms with Crippen molar-refractivity contribution in [2.45, 2.75) is 23.5 Å². The van der Waals surface area contributed by atoms with Gasteiger partial charge in [0.25, 0.3) is 0 Å². The summed E-state index contributed by atoms with van der Waals surface area (Å²) in [5.74, 6) is 0. The van der Waals surface area contributed by atoms with E-state index in [1.54, 1.807) is 0 Å². The van der Waals surface area contributed by atoms with E-state index in [1.807, 2.05) is 6.07 Å². The molecule has 0 saturated heterocycles. The van der Waals surface area contributed by atoms with Gasteiger partial charge in [-0.25, -0.2) is 21.6 Å². The Bertz CT molecular complexity index is 744. The molecule has 0 heterocycles. The normalized spacial score (nSPS) is 12.9. The number of nitriles is 1. The maximum Gasteiger partial charge on any atom is 0.240 e.